The van der Waals surface area contributed by atoms with Crippen LogP contribution in [0, 0.1) is 5.92 Å². The number of hydrogen-bond acceptors (Lipinski definition) is 14. The quantitative estimate of drug-likeness (QED) is 0.0958. The number of primary amides is 2. The van der Waals surface area contributed by atoms with Crippen molar-refractivity contribution in [1.29, 1.82) is 0 Å². The molecule has 68 heavy (non-hydrogen) atoms. The van der Waals surface area contributed by atoms with Gasteiger partial charge in [0.15, 0.2) is 0 Å². The molecule has 13 N–H and O–H groups in total. The number of aliphatic hydroxyl groups excluding tert-OH is 1. The van der Waals surface area contributed by atoms with Gasteiger partial charge in [-0.25, -0.2) is 0 Å². The fourth-order valence-electron chi connectivity index (χ4n) is 8.56. The summed E-state index contributed by atoms with van der Waals surface area (Å²) in [4.78, 5) is 125. The van der Waals surface area contributed by atoms with E-state index in [9.17, 15) is 48.3 Å². The van der Waals surface area contributed by atoms with Crippen LogP contribution in [-0.4, -0.2) is 142 Å². The summed E-state index contributed by atoms with van der Waals surface area (Å²) in [6.07, 6.45) is 3.11. The average molecular weight is 991 g/mol. The first-order valence-corrected chi connectivity index (χ1v) is 25.6. The number of methoxy groups -OCH3 is 1. The predicted octanol–water partition coefficient (Wildman–Crippen LogP) is -0.848. The third kappa shape index (κ3) is 16.0. The SMILES string of the molecule is CC[C@H](C)[C@@H]1NC(=O)[C@H](Cc2ccc(OC)cc2)NC(=O)CC2(CCCCC2)SSC[C@@H](C(=O)N2CCC[C@H]2C(=O)N[C@H](CCCN)C(N)=O)NC(=O)[C@H](CC(N)=O)NC(=O)[C@H]([C@@H](C)O)NC1=O. The molecule has 1 aromatic rings. The number of nitrogens with two attached hydrogens (primary N) is 3. The minimum atomic E-state index is -1.72. The Labute approximate surface area is 405 Å². The highest BCUT2D eigenvalue weighted by Crippen LogP contribution is 2.48. The van der Waals surface area contributed by atoms with Crippen molar-refractivity contribution in [2.24, 2.45) is 23.1 Å². The third-order valence-corrected chi connectivity index (χ3v) is 16.0. The van der Waals surface area contributed by atoms with Gasteiger partial charge in [0.25, 0.3) is 0 Å². The van der Waals surface area contributed by atoms with Gasteiger partial charge in [0, 0.05) is 29.9 Å². The molecular formula is C45H70N10O11S2. The maximum absolute atomic E-state index is 14.6. The van der Waals surface area contributed by atoms with Crippen LogP contribution in [0.4, 0.5) is 0 Å². The first-order valence-electron chi connectivity index (χ1n) is 23.3. The Bertz CT molecular complexity index is 1950. The fraction of sp³-hybridized carbons (Fsp3) is 0.667. The van der Waals surface area contributed by atoms with Gasteiger partial charge in [0.2, 0.25) is 53.2 Å². The molecule has 0 aromatic heterocycles. The van der Waals surface area contributed by atoms with E-state index in [2.05, 4.69) is 31.9 Å². The van der Waals surface area contributed by atoms with Crippen molar-refractivity contribution in [3.05, 3.63) is 29.8 Å². The highest BCUT2D eigenvalue weighted by Gasteiger charge is 2.42. The first-order chi connectivity index (χ1) is 32.3. The lowest BCUT2D eigenvalue weighted by atomic mass is 9.85. The second kappa shape index (κ2) is 26.6. The Hall–Kier alpha value is -5.13. The lowest BCUT2D eigenvalue weighted by Gasteiger charge is -2.37. The van der Waals surface area contributed by atoms with Gasteiger partial charge in [-0.3, -0.25) is 43.2 Å². The molecule has 3 aliphatic rings. The molecule has 23 heteroatoms. The van der Waals surface area contributed by atoms with E-state index in [0.29, 0.717) is 43.4 Å². The summed E-state index contributed by atoms with van der Waals surface area (Å²) in [6.45, 7) is 5.10. The number of likely N-dealkylation sites (tertiary alicyclic amines) is 1. The van der Waals surface area contributed by atoms with Crippen LogP contribution >= 0.6 is 21.6 Å². The second-order valence-electron chi connectivity index (χ2n) is 17.9. The number of nitrogens with one attached hydrogen (secondary N) is 6. The van der Waals surface area contributed by atoms with Gasteiger partial charge in [0.05, 0.1) is 19.6 Å². The topological polar surface area (TPSA) is 337 Å². The number of benzene rings is 1. The largest absolute Gasteiger partial charge is 0.497 e. The Balaban J connectivity index is 1.76. The summed E-state index contributed by atoms with van der Waals surface area (Å²) in [6, 6.07) is -2.33. The molecule has 0 bridgehead atoms. The highest BCUT2D eigenvalue weighted by atomic mass is 33.1. The molecule has 4 rings (SSSR count). The van der Waals surface area contributed by atoms with Crippen molar-refractivity contribution in [1.82, 2.24) is 36.8 Å². The molecule has 1 aliphatic carbocycles. The van der Waals surface area contributed by atoms with E-state index in [1.54, 1.807) is 38.1 Å². The fourth-order valence-corrected chi connectivity index (χ4v) is 11.9. The number of hydrogen-bond donors (Lipinski definition) is 10. The molecule has 2 saturated heterocycles. The molecule has 0 radical (unpaired) electrons. The molecule has 378 valence electrons. The van der Waals surface area contributed by atoms with Crippen molar-refractivity contribution in [3.63, 3.8) is 0 Å². The standard InChI is InChI=1S/C45H70N10O11S2/c1-5-25(2)36-42(63)54-37(26(3)56)43(64)51-31(22-34(47)57)39(60)52-32(44(65)55-20-10-12-33(55)41(62)50-29(38(48)59)11-9-19-46)24-67-68-45(17-7-6-8-18-45)23-35(58)49-30(40(61)53-36)21-27-13-15-28(66-4)16-14-27/h13-16,25-26,29-33,36-37,56H,5-12,17-24,46H2,1-4H3,(H2,47,57)(H2,48,59)(H,49,58)(H,50,62)(H,51,64)(H,52,60)(H,53,61)(H,54,63)/t25-,26+,29+,30-,31-,32-,33-,36-,37-/m0/s1. The minimum absolute atomic E-state index is 0.0142. The average Bonchev–Trinajstić information content (AvgIpc) is 3.80. The van der Waals surface area contributed by atoms with Crippen LogP contribution in [0.1, 0.15) is 103 Å². The molecule has 2 aliphatic heterocycles. The summed E-state index contributed by atoms with van der Waals surface area (Å²) < 4.78 is 4.63. The number of carbonyl (C=O) groups excluding carboxylic acids is 9. The maximum Gasteiger partial charge on any atom is 0.246 e. The molecule has 9 atom stereocenters. The van der Waals surface area contributed by atoms with Crippen molar-refractivity contribution in [3.8, 4) is 5.75 Å². The van der Waals surface area contributed by atoms with Gasteiger partial charge >= 0.3 is 0 Å². The summed E-state index contributed by atoms with van der Waals surface area (Å²) in [5.41, 5.74) is 17.4. The van der Waals surface area contributed by atoms with E-state index in [-0.39, 0.29) is 44.5 Å². The molecule has 1 aromatic carbocycles. The van der Waals surface area contributed by atoms with E-state index in [1.807, 2.05) is 0 Å². The number of amides is 9. The number of rotatable bonds is 15. The van der Waals surface area contributed by atoms with Crippen molar-refractivity contribution < 1.29 is 53.0 Å². The molecular weight excluding hydrogens is 921 g/mol. The van der Waals surface area contributed by atoms with E-state index in [4.69, 9.17) is 21.9 Å². The number of ether oxygens (including phenoxy) is 1. The summed E-state index contributed by atoms with van der Waals surface area (Å²) in [5.74, 6) is -7.12. The van der Waals surface area contributed by atoms with Gasteiger partial charge in [-0.05, 0) is 75.6 Å². The normalized spacial score (nSPS) is 25.9. The number of nitrogens with zero attached hydrogens (tertiary/aromatic N) is 1. The summed E-state index contributed by atoms with van der Waals surface area (Å²) >= 11 is 0. The molecule has 3 fully saturated rings. The maximum atomic E-state index is 14.6. The van der Waals surface area contributed by atoms with Gasteiger partial charge in [-0.1, -0.05) is 73.3 Å². The molecule has 1 saturated carbocycles. The van der Waals surface area contributed by atoms with Crippen LogP contribution in [0.5, 0.6) is 5.75 Å². The zero-order valence-electron chi connectivity index (χ0n) is 39.3. The van der Waals surface area contributed by atoms with E-state index in [0.717, 1.165) is 19.3 Å². The molecule has 0 unspecified atom stereocenters. The van der Waals surface area contributed by atoms with Gasteiger partial charge in [-0.2, -0.15) is 0 Å². The van der Waals surface area contributed by atoms with E-state index >= 15 is 0 Å². The van der Waals surface area contributed by atoms with Crippen molar-refractivity contribution in [2.75, 3.05) is 26.0 Å². The van der Waals surface area contributed by atoms with Gasteiger partial charge < -0.3 is 63.8 Å². The zero-order chi connectivity index (χ0) is 50.1. The monoisotopic (exact) mass is 990 g/mol. The summed E-state index contributed by atoms with van der Waals surface area (Å²) in [5, 5.41) is 26.8. The first kappa shape index (κ1) is 55.5. The second-order valence-corrected chi connectivity index (χ2v) is 20.7. The number of aliphatic hydroxyl groups is 1. The zero-order valence-corrected chi connectivity index (χ0v) is 41.0. The van der Waals surface area contributed by atoms with E-state index in [1.165, 1.54) is 40.5 Å². The van der Waals surface area contributed by atoms with Crippen LogP contribution < -0.4 is 53.8 Å². The van der Waals surface area contributed by atoms with Crippen LogP contribution in [0.15, 0.2) is 24.3 Å². The Kier molecular flexibility index (Phi) is 21.7. The Morgan fingerprint density at radius 2 is 1.53 bits per heavy atom. The smallest absolute Gasteiger partial charge is 0.246 e. The van der Waals surface area contributed by atoms with Gasteiger partial charge in [-0.15, -0.1) is 0 Å². The molecule has 21 nitrogen and oxygen atoms in total. The number of carbonyl (C=O) groups is 9. The van der Waals surface area contributed by atoms with Crippen LogP contribution in [0.3, 0.4) is 0 Å². The molecule has 2 heterocycles. The Morgan fingerprint density at radius 1 is 0.882 bits per heavy atom. The lowest BCUT2D eigenvalue weighted by Crippen LogP contribution is -2.63. The van der Waals surface area contributed by atoms with Crippen molar-refractivity contribution >= 4 is 74.8 Å². The highest BCUT2D eigenvalue weighted by molar-refractivity contribution is 8.77. The lowest BCUT2D eigenvalue weighted by molar-refractivity contribution is -0.142. The van der Waals surface area contributed by atoms with Gasteiger partial charge in [0.1, 0.15) is 48.0 Å². The van der Waals surface area contributed by atoms with E-state index < -0.39 is 119 Å². The predicted molar refractivity (Wildman–Crippen MR) is 256 cm³/mol. The van der Waals surface area contributed by atoms with Crippen LogP contribution in [0.25, 0.3) is 0 Å². The Morgan fingerprint density at radius 3 is 2.13 bits per heavy atom. The molecule has 1 spiro atoms. The van der Waals surface area contributed by atoms with Crippen molar-refractivity contribution in [2.45, 2.75) is 157 Å². The van der Waals surface area contributed by atoms with Crippen LogP contribution in [-0.2, 0) is 49.6 Å². The molecule has 9 amide bonds. The third-order valence-electron chi connectivity index (χ3n) is 12.7. The van der Waals surface area contributed by atoms with Crippen LogP contribution in [0.2, 0.25) is 0 Å². The minimum Gasteiger partial charge on any atom is -0.497 e. The summed E-state index contributed by atoms with van der Waals surface area (Å²) in [7, 11) is 4.12.